The number of pyridine rings is 4. The Kier molecular flexibility index (Phi) is 5.43. The molecule has 3 N–H and O–H groups in total. The van der Waals surface area contributed by atoms with E-state index in [0.29, 0.717) is 5.92 Å². The van der Waals surface area contributed by atoms with Crippen LogP contribution < -0.4 is 5.32 Å². The average molecular weight is 499 g/mol. The van der Waals surface area contributed by atoms with Crippen LogP contribution in [0.5, 0.6) is 0 Å². The summed E-state index contributed by atoms with van der Waals surface area (Å²) in [6, 6.07) is 12.1. The molecule has 7 rings (SSSR count). The van der Waals surface area contributed by atoms with Gasteiger partial charge in [-0.25, -0.2) is 0 Å². The van der Waals surface area contributed by atoms with Crippen molar-refractivity contribution in [3.8, 4) is 33.9 Å². The van der Waals surface area contributed by atoms with Gasteiger partial charge in [-0.3, -0.25) is 25.0 Å². The van der Waals surface area contributed by atoms with Gasteiger partial charge in [0, 0.05) is 46.2 Å². The van der Waals surface area contributed by atoms with Crippen molar-refractivity contribution in [2.45, 2.75) is 25.7 Å². The molecule has 0 aliphatic heterocycles. The molecule has 6 aromatic heterocycles. The summed E-state index contributed by atoms with van der Waals surface area (Å²) in [5.41, 5.74) is 9.13. The van der Waals surface area contributed by atoms with E-state index in [4.69, 9.17) is 0 Å². The van der Waals surface area contributed by atoms with E-state index in [2.05, 4.69) is 65.2 Å². The molecule has 1 aliphatic rings. The van der Waals surface area contributed by atoms with Crippen molar-refractivity contribution in [3.05, 3.63) is 85.9 Å². The molecule has 0 unspecified atom stereocenters. The molecule has 8 heteroatoms. The van der Waals surface area contributed by atoms with Gasteiger partial charge in [0.15, 0.2) is 0 Å². The molecule has 0 amide bonds. The molecule has 38 heavy (non-hydrogen) atoms. The molecule has 6 aromatic rings. The van der Waals surface area contributed by atoms with E-state index in [0.717, 1.165) is 67.1 Å². The number of H-pyrrole nitrogens is 2. The third kappa shape index (κ3) is 4.00. The number of nitrogens with one attached hydrogen (secondary N) is 3. The van der Waals surface area contributed by atoms with Gasteiger partial charge >= 0.3 is 0 Å². The molecule has 0 aromatic carbocycles. The minimum absolute atomic E-state index is 0.534. The molecular formula is C30H26N8. The minimum Gasteiger partial charge on any atom is -0.358 e. The Hall–Kier alpha value is -4.85. The van der Waals surface area contributed by atoms with Gasteiger partial charge in [0.2, 0.25) is 0 Å². The minimum atomic E-state index is 0.534. The number of anilines is 1. The zero-order valence-corrected chi connectivity index (χ0v) is 20.8. The van der Waals surface area contributed by atoms with E-state index in [1.807, 2.05) is 49.2 Å². The van der Waals surface area contributed by atoms with E-state index in [1.54, 1.807) is 6.20 Å². The number of aromatic amines is 2. The second-order valence-corrected chi connectivity index (χ2v) is 9.83. The summed E-state index contributed by atoms with van der Waals surface area (Å²) < 4.78 is 0. The fourth-order valence-electron chi connectivity index (χ4n) is 5.39. The molecule has 0 bridgehead atoms. The van der Waals surface area contributed by atoms with Crippen molar-refractivity contribution >= 4 is 27.5 Å². The Morgan fingerprint density at radius 3 is 2.63 bits per heavy atom. The lowest BCUT2D eigenvalue weighted by molar-refractivity contribution is 0.649. The standard InChI is InChI=1S/C30H26N8/c1-18(19-6-2-3-7-19)35-21-10-20(13-31-14-21)26-12-23-29(17-34-26)37-38-30(23)27-11-22-24(15-32-16-28(22)36-27)25-8-4-5-9-33-25/h4-5,8-17,19,35-36H,1-3,6-7H2,(H,37,38). The van der Waals surface area contributed by atoms with Crippen LogP contribution >= 0.6 is 0 Å². The summed E-state index contributed by atoms with van der Waals surface area (Å²) in [5.74, 6) is 0.534. The van der Waals surface area contributed by atoms with Crippen molar-refractivity contribution in [3.63, 3.8) is 0 Å². The highest BCUT2D eigenvalue weighted by molar-refractivity contribution is 6.00. The summed E-state index contributed by atoms with van der Waals surface area (Å²) in [4.78, 5) is 21.6. The number of fused-ring (bicyclic) bond motifs is 2. The van der Waals surface area contributed by atoms with Gasteiger partial charge in [-0.05, 0) is 49.1 Å². The van der Waals surface area contributed by atoms with Crippen LogP contribution in [0.2, 0.25) is 0 Å². The van der Waals surface area contributed by atoms with Crippen LogP contribution in [0.25, 0.3) is 55.7 Å². The van der Waals surface area contributed by atoms with Crippen LogP contribution in [0.15, 0.2) is 85.9 Å². The van der Waals surface area contributed by atoms with Crippen molar-refractivity contribution in [2.75, 3.05) is 5.32 Å². The maximum Gasteiger partial charge on any atom is 0.116 e. The lowest BCUT2D eigenvalue weighted by atomic mass is 10.0. The van der Waals surface area contributed by atoms with E-state index in [1.165, 1.54) is 25.7 Å². The zero-order chi connectivity index (χ0) is 25.5. The smallest absolute Gasteiger partial charge is 0.116 e. The number of allylic oxidation sites excluding steroid dienone is 1. The highest BCUT2D eigenvalue weighted by atomic mass is 15.1. The molecular weight excluding hydrogens is 472 g/mol. The molecule has 6 heterocycles. The summed E-state index contributed by atoms with van der Waals surface area (Å²) in [6.07, 6.45) is 15.9. The van der Waals surface area contributed by atoms with Gasteiger partial charge in [0.25, 0.3) is 0 Å². The van der Waals surface area contributed by atoms with Gasteiger partial charge < -0.3 is 10.3 Å². The van der Waals surface area contributed by atoms with Crippen molar-refractivity contribution < 1.29 is 0 Å². The maximum atomic E-state index is 4.69. The Morgan fingerprint density at radius 1 is 0.868 bits per heavy atom. The number of aromatic nitrogens is 7. The number of hydrogen-bond donors (Lipinski definition) is 3. The predicted molar refractivity (Wildman–Crippen MR) is 150 cm³/mol. The topological polar surface area (TPSA) is 108 Å². The van der Waals surface area contributed by atoms with Crippen molar-refractivity contribution in [1.29, 1.82) is 0 Å². The van der Waals surface area contributed by atoms with E-state index < -0.39 is 0 Å². The first-order valence-electron chi connectivity index (χ1n) is 12.9. The van der Waals surface area contributed by atoms with Gasteiger partial charge in [-0.15, -0.1) is 0 Å². The molecule has 0 saturated heterocycles. The largest absolute Gasteiger partial charge is 0.358 e. The van der Waals surface area contributed by atoms with Crippen LogP contribution in [0.4, 0.5) is 5.69 Å². The first-order valence-corrected chi connectivity index (χ1v) is 12.9. The molecule has 186 valence electrons. The van der Waals surface area contributed by atoms with E-state index in [9.17, 15) is 0 Å². The summed E-state index contributed by atoms with van der Waals surface area (Å²) in [6.45, 7) is 4.28. The molecule has 1 aliphatic carbocycles. The molecule has 1 fully saturated rings. The van der Waals surface area contributed by atoms with Crippen LogP contribution in [0.3, 0.4) is 0 Å². The van der Waals surface area contributed by atoms with Gasteiger partial charge in [-0.2, -0.15) is 5.10 Å². The third-order valence-corrected chi connectivity index (χ3v) is 7.38. The van der Waals surface area contributed by atoms with Crippen LogP contribution in [0, 0.1) is 5.92 Å². The Bertz CT molecular complexity index is 1780. The predicted octanol–water partition coefficient (Wildman–Crippen LogP) is 6.74. The fraction of sp³-hybridized carbons (Fsp3) is 0.167. The van der Waals surface area contributed by atoms with Crippen LogP contribution in [-0.4, -0.2) is 35.1 Å². The second kappa shape index (κ2) is 9.23. The lowest BCUT2D eigenvalue weighted by Gasteiger charge is -2.15. The fourth-order valence-corrected chi connectivity index (χ4v) is 5.39. The van der Waals surface area contributed by atoms with Crippen LogP contribution in [0.1, 0.15) is 25.7 Å². The Morgan fingerprint density at radius 2 is 1.76 bits per heavy atom. The molecule has 8 nitrogen and oxygen atoms in total. The molecule has 0 atom stereocenters. The number of nitrogens with zero attached hydrogens (tertiary/aromatic N) is 5. The molecule has 0 spiro atoms. The number of rotatable bonds is 6. The SMILES string of the molecule is C=C(Nc1cncc(-c2cc3c(-c4cc5c(-c6ccccn6)cncc5[nH]4)n[nH]c3cn2)c1)C1CCCC1. The van der Waals surface area contributed by atoms with Gasteiger partial charge in [0.1, 0.15) is 5.69 Å². The second-order valence-electron chi connectivity index (χ2n) is 9.83. The maximum absolute atomic E-state index is 4.69. The van der Waals surface area contributed by atoms with Crippen molar-refractivity contribution in [2.24, 2.45) is 5.92 Å². The van der Waals surface area contributed by atoms with E-state index in [-0.39, 0.29) is 0 Å². The molecule has 1 saturated carbocycles. The van der Waals surface area contributed by atoms with Gasteiger partial charge in [-0.1, -0.05) is 25.5 Å². The summed E-state index contributed by atoms with van der Waals surface area (Å²) in [5, 5.41) is 13.3. The zero-order valence-electron chi connectivity index (χ0n) is 20.8. The first kappa shape index (κ1) is 22.4. The van der Waals surface area contributed by atoms with E-state index >= 15 is 0 Å². The monoisotopic (exact) mass is 498 g/mol. The third-order valence-electron chi connectivity index (χ3n) is 7.38. The quantitative estimate of drug-likeness (QED) is 0.235. The Labute approximate surface area is 219 Å². The van der Waals surface area contributed by atoms with Crippen LogP contribution in [-0.2, 0) is 0 Å². The lowest BCUT2D eigenvalue weighted by Crippen LogP contribution is -2.07. The average Bonchev–Trinajstić information content (AvgIpc) is 3.73. The van der Waals surface area contributed by atoms with Gasteiger partial charge in [0.05, 0.1) is 52.4 Å². The Balaban J connectivity index is 1.25. The number of hydrogen-bond acceptors (Lipinski definition) is 6. The first-order chi connectivity index (χ1) is 18.7. The normalized spacial score (nSPS) is 13.9. The molecule has 0 radical (unpaired) electrons. The van der Waals surface area contributed by atoms with Crippen molar-refractivity contribution in [1.82, 2.24) is 35.1 Å². The summed E-state index contributed by atoms with van der Waals surface area (Å²) in [7, 11) is 0. The highest BCUT2D eigenvalue weighted by Crippen LogP contribution is 2.35. The highest BCUT2D eigenvalue weighted by Gasteiger charge is 2.19. The summed E-state index contributed by atoms with van der Waals surface area (Å²) >= 11 is 0.